The van der Waals surface area contributed by atoms with E-state index in [1.54, 1.807) is 14.2 Å². The van der Waals surface area contributed by atoms with Crippen molar-refractivity contribution < 1.29 is 14.6 Å². The predicted octanol–water partition coefficient (Wildman–Crippen LogP) is 1.44. The van der Waals surface area contributed by atoms with Gasteiger partial charge in [0.25, 0.3) is 0 Å². The molecule has 80 valence electrons. The normalized spacial score (nSPS) is 9.00. The van der Waals surface area contributed by atoms with Crippen LogP contribution in [0.5, 0.6) is 11.5 Å². The van der Waals surface area contributed by atoms with Gasteiger partial charge >= 0.3 is 0 Å². The molecule has 3 nitrogen and oxygen atoms in total. The van der Waals surface area contributed by atoms with Gasteiger partial charge in [0.2, 0.25) is 0 Å². The number of hydrogen-bond donors (Lipinski definition) is 1. The molecular weight excluding hydrogens is 192 g/mol. The van der Waals surface area contributed by atoms with Crippen molar-refractivity contribution in [2.45, 2.75) is 6.42 Å². The van der Waals surface area contributed by atoms with Crippen molar-refractivity contribution in [3.05, 3.63) is 23.8 Å². The number of methoxy groups -OCH3 is 2. The lowest BCUT2D eigenvalue weighted by Crippen LogP contribution is -1.90. The van der Waals surface area contributed by atoms with Crippen molar-refractivity contribution in [3.63, 3.8) is 0 Å². The summed E-state index contributed by atoms with van der Waals surface area (Å²) < 4.78 is 10.2. The first-order valence-electron chi connectivity index (χ1n) is 4.63. The Morgan fingerprint density at radius 2 is 1.93 bits per heavy atom. The fourth-order valence-corrected chi connectivity index (χ4v) is 1.13. The van der Waals surface area contributed by atoms with Crippen molar-refractivity contribution in [1.82, 2.24) is 0 Å². The molecule has 0 heterocycles. The average molecular weight is 206 g/mol. The van der Waals surface area contributed by atoms with E-state index >= 15 is 0 Å². The van der Waals surface area contributed by atoms with E-state index in [1.807, 2.05) is 18.2 Å². The maximum absolute atomic E-state index is 8.58. The summed E-state index contributed by atoms with van der Waals surface area (Å²) in [7, 11) is 3.18. The number of benzene rings is 1. The maximum atomic E-state index is 8.58. The molecule has 0 aromatic heterocycles. The largest absolute Gasteiger partial charge is 0.493 e. The molecule has 0 amide bonds. The van der Waals surface area contributed by atoms with E-state index in [0.717, 1.165) is 5.56 Å². The molecule has 15 heavy (non-hydrogen) atoms. The molecule has 1 aromatic rings. The molecule has 3 heteroatoms. The SMILES string of the molecule is COc1ccc(C#CCCO)cc1OC. The molecule has 0 aliphatic carbocycles. The van der Waals surface area contributed by atoms with Crippen LogP contribution in [0, 0.1) is 11.8 Å². The van der Waals surface area contributed by atoms with Crippen LogP contribution >= 0.6 is 0 Å². The Bertz CT molecular complexity index is 374. The van der Waals surface area contributed by atoms with Gasteiger partial charge in [-0.25, -0.2) is 0 Å². The van der Waals surface area contributed by atoms with Crippen molar-refractivity contribution in [2.24, 2.45) is 0 Å². The molecule has 0 saturated heterocycles. The summed E-state index contributed by atoms with van der Waals surface area (Å²) in [4.78, 5) is 0. The maximum Gasteiger partial charge on any atom is 0.161 e. The molecule has 1 N–H and O–H groups in total. The van der Waals surface area contributed by atoms with E-state index in [4.69, 9.17) is 14.6 Å². The first-order valence-corrected chi connectivity index (χ1v) is 4.63. The van der Waals surface area contributed by atoms with E-state index in [0.29, 0.717) is 17.9 Å². The number of aliphatic hydroxyl groups excluding tert-OH is 1. The summed E-state index contributed by atoms with van der Waals surface area (Å²) in [5, 5.41) is 8.58. The highest BCUT2D eigenvalue weighted by molar-refractivity contribution is 5.48. The molecule has 0 spiro atoms. The van der Waals surface area contributed by atoms with Crippen molar-refractivity contribution in [2.75, 3.05) is 20.8 Å². The van der Waals surface area contributed by atoms with Gasteiger partial charge in [-0.2, -0.15) is 0 Å². The third kappa shape index (κ3) is 3.19. The summed E-state index contributed by atoms with van der Waals surface area (Å²) in [6.07, 6.45) is 0.481. The Hall–Kier alpha value is -1.66. The molecule has 0 aliphatic heterocycles. The smallest absolute Gasteiger partial charge is 0.161 e. The Morgan fingerprint density at radius 3 is 2.53 bits per heavy atom. The first kappa shape index (κ1) is 11.4. The van der Waals surface area contributed by atoms with Crippen LogP contribution < -0.4 is 9.47 Å². The molecule has 0 aliphatic rings. The van der Waals surface area contributed by atoms with Crippen LogP contribution in [0.4, 0.5) is 0 Å². The number of rotatable bonds is 3. The molecule has 0 radical (unpaired) electrons. The van der Waals surface area contributed by atoms with Crippen molar-refractivity contribution in [1.29, 1.82) is 0 Å². The standard InChI is InChI=1S/C12H14O3/c1-14-11-7-6-10(5-3-4-8-13)9-12(11)15-2/h6-7,9,13H,4,8H2,1-2H3. The van der Waals surface area contributed by atoms with Crippen molar-refractivity contribution >= 4 is 0 Å². The highest BCUT2D eigenvalue weighted by Gasteiger charge is 2.02. The van der Waals surface area contributed by atoms with E-state index < -0.39 is 0 Å². The summed E-state index contributed by atoms with van der Waals surface area (Å²) in [5.41, 5.74) is 0.848. The minimum Gasteiger partial charge on any atom is -0.493 e. The van der Waals surface area contributed by atoms with Gasteiger partial charge in [-0.05, 0) is 18.2 Å². The second kappa shape index (κ2) is 5.94. The lowest BCUT2D eigenvalue weighted by molar-refractivity contribution is 0.305. The van der Waals surface area contributed by atoms with Gasteiger partial charge < -0.3 is 14.6 Å². The van der Waals surface area contributed by atoms with Crippen molar-refractivity contribution in [3.8, 4) is 23.3 Å². The van der Waals surface area contributed by atoms with Gasteiger partial charge in [0.15, 0.2) is 11.5 Å². The van der Waals surface area contributed by atoms with E-state index in [-0.39, 0.29) is 6.61 Å². The first-order chi connectivity index (χ1) is 7.31. The molecule has 1 aromatic carbocycles. The molecule has 0 saturated carbocycles. The van der Waals surface area contributed by atoms with E-state index in [2.05, 4.69) is 11.8 Å². The number of aliphatic hydroxyl groups is 1. The zero-order valence-corrected chi connectivity index (χ0v) is 8.91. The highest BCUT2D eigenvalue weighted by Crippen LogP contribution is 2.26. The van der Waals surface area contributed by atoms with Crippen LogP contribution in [0.1, 0.15) is 12.0 Å². The topological polar surface area (TPSA) is 38.7 Å². The Balaban J connectivity index is 2.89. The van der Waals surface area contributed by atoms with Crippen LogP contribution in [-0.4, -0.2) is 25.9 Å². The minimum atomic E-state index is 0.0836. The van der Waals surface area contributed by atoms with Crippen LogP contribution in [-0.2, 0) is 0 Å². The highest BCUT2D eigenvalue weighted by atomic mass is 16.5. The molecular formula is C12H14O3. The zero-order valence-electron chi connectivity index (χ0n) is 8.91. The van der Waals surface area contributed by atoms with Gasteiger partial charge in [0, 0.05) is 12.0 Å². The molecule has 0 unspecified atom stereocenters. The minimum absolute atomic E-state index is 0.0836. The quantitative estimate of drug-likeness (QED) is 0.760. The lowest BCUT2D eigenvalue weighted by atomic mass is 10.2. The monoisotopic (exact) mass is 206 g/mol. The molecule has 0 fully saturated rings. The van der Waals surface area contributed by atoms with Crippen LogP contribution in [0.2, 0.25) is 0 Å². The van der Waals surface area contributed by atoms with E-state index in [9.17, 15) is 0 Å². The molecule has 1 rings (SSSR count). The van der Waals surface area contributed by atoms with Gasteiger partial charge in [0.1, 0.15) is 0 Å². The van der Waals surface area contributed by atoms with Crippen LogP contribution in [0.3, 0.4) is 0 Å². The molecule has 0 atom stereocenters. The number of hydrogen-bond acceptors (Lipinski definition) is 3. The van der Waals surface area contributed by atoms with Crippen LogP contribution in [0.15, 0.2) is 18.2 Å². The third-order valence-electron chi connectivity index (χ3n) is 1.85. The van der Waals surface area contributed by atoms with Gasteiger partial charge in [-0.3, -0.25) is 0 Å². The molecule has 0 bridgehead atoms. The second-order valence-electron chi connectivity index (χ2n) is 2.85. The van der Waals surface area contributed by atoms with Gasteiger partial charge in [-0.15, -0.1) is 0 Å². The summed E-state index contributed by atoms with van der Waals surface area (Å²) >= 11 is 0. The zero-order chi connectivity index (χ0) is 11.1. The van der Waals surface area contributed by atoms with E-state index in [1.165, 1.54) is 0 Å². The second-order valence-corrected chi connectivity index (χ2v) is 2.85. The number of ether oxygens (including phenoxy) is 2. The summed E-state index contributed by atoms with van der Waals surface area (Å²) in [6.45, 7) is 0.0836. The fourth-order valence-electron chi connectivity index (χ4n) is 1.13. The Morgan fingerprint density at radius 1 is 1.20 bits per heavy atom. The Kier molecular flexibility index (Phi) is 4.52. The predicted molar refractivity (Wildman–Crippen MR) is 58.1 cm³/mol. The van der Waals surface area contributed by atoms with Gasteiger partial charge in [-0.1, -0.05) is 11.8 Å². The van der Waals surface area contributed by atoms with Gasteiger partial charge in [0.05, 0.1) is 20.8 Å². The lowest BCUT2D eigenvalue weighted by Gasteiger charge is -2.06. The summed E-state index contributed by atoms with van der Waals surface area (Å²) in [5.74, 6) is 7.12. The summed E-state index contributed by atoms with van der Waals surface area (Å²) in [6, 6.07) is 5.47. The Labute approximate surface area is 89.6 Å². The van der Waals surface area contributed by atoms with Crippen LogP contribution in [0.25, 0.3) is 0 Å². The third-order valence-corrected chi connectivity index (χ3v) is 1.85. The average Bonchev–Trinajstić information content (AvgIpc) is 2.29. The fraction of sp³-hybridized carbons (Fsp3) is 0.333.